The third-order valence-electron chi connectivity index (χ3n) is 6.43. The van der Waals surface area contributed by atoms with Crippen LogP contribution in [0.3, 0.4) is 0 Å². The zero-order valence-corrected chi connectivity index (χ0v) is 22.2. The van der Waals surface area contributed by atoms with Crippen molar-refractivity contribution in [2.75, 3.05) is 13.2 Å². The number of ether oxygens (including phenoxy) is 2. The fourth-order valence-corrected chi connectivity index (χ4v) is 5.68. The number of thiazole rings is 1. The van der Waals surface area contributed by atoms with Gasteiger partial charge >= 0.3 is 5.97 Å². The first kappa shape index (κ1) is 25.2. The summed E-state index contributed by atoms with van der Waals surface area (Å²) in [5.74, 6) is 2.61. The Bertz CT molecular complexity index is 1800. The van der Waals surface area contributed by atoms with Gasteiger partial charge in [-0.3, -0.25) is 9.36 Å². The summed E-state index contributed by atoms with van der Waals surface area (Å²) in [6.45, 7) is 5.86. The summed E-state index contributed by atoms with van der Waals surface area (Å²) in [6.07, 6.45) is 7.27. The summed E-state index contributed by atoms with van der Waals surface area (Å²) in [7, 11) is 0. The van der Waals surface area contributed by atoms with Crippen molar-refractivity contribution in [3.8, 4) is 18.1 Å². The van der Waals surface area contributed by atoms with Crippen LogP contribution in [0.1, 0.15) is 36.6 Å². The zero-order chi connectivity index (χ0) is 26.8. The van der Waals surface area contributed by atoms with Crippen molar-refractivity contribution in [1.29, 1.82) is 0 Å². The van der Waals surface area contributed by atoms with Crippen LogP contribution >= 0.6 is 11.3 Å². The van der Waals surface area contributed by atoms with Gasteiger partial charge in [0, 0.05) is 5.56 Å². The number of fused-ring (bicyclic) bond motifs is 2. The van der Waals surface area contributed by atoms with E-state index in [1.807, 2.05) is 73.7 Å². The van der Waals surface area contributed by atoms with Crippen LogP contribution in [0.15, 0.2) is 81.7 Å². The number of benzene rings is 3. The fourth-order valence-electron chi connectivity index (χ4n) is 4.66. The van der Waals surface area contributed by atoms with Crippen LogP contribution in [-0.2, 0) is 9.53 Å². The molecule has 0 fully saturated rings. The number of rotatable bonds is 6. The molecule has 2 heterocycles. The van der Waals surface area contributed by atoms with E-state index in [-0.39, 0.29) is 18.8 Å². The molecule has 0 amide bonds. The number of hydrogen-bond donors (Lipinski definition) is 0. The lowest BCUT2D eigenvalue weighted by Gasteiger charge is -2.24. The molecular weight excluding hydrogens is 496 g/mol. The quantitative estimate of drug-likeness (QED) is 0.280. The van der Waals surface area contributed by atoms with E-state index in [9.17, 15) is 9.59 Å². The van der Waals surface area contributed by atoms with Crippen LogP contribution in [0.2, 0.25) is 0 Å². The van der Waals surface area contributed by atoms with E-state index < -0.39 is 12.0 Å². The Labute approximate surface area is 224 Å². The highest BCUT2D eigenvalue weighted by molar-refractivity contribution is 7.07. The maximum Gasteiger partial charge on any atom is 0.338 e. The van der Waals surface area contributed by atoms with Crippen LogP contribution in [0, 0.1) is 19.3 Å². The largest absolute Gasteiger partial charge is 0.480 e. The maximum absolute atomic E-state index is 14.0. The Morgan fingerprint density at radius 1 is 1.13 bits per heavy atom. The molecule has 0 saturated heterocycles. The standard InChI is InChI=1S/C31H26N2O4S/c1-5-17-37-25-16-15-21-9-7-8-10-23(21)24(25)18-26-29(34)33-28(22-13-11-19(3)12-14-22)27(30(35)36-6-2)20(4)32-31(33)38-26/h1,7-16,18,28H,6,17H2,2-4H3/b26-18-/t28-/m0/s1. The third kappa shape index (κ3) is 4.55. The average molecular weight is 523 g/mol. The predicted molar refractivity (Wildman–Crippen MR) is 150 cm³/mol. The summed E-state index contributed by atoms with van der Waals surface area (Å²) in [5, 5.41) is 1.95. The second kappa shape index (κ2) is 10.5. The van der Waals surface area contributed by atoms with Gasteiger partial charge in [0.2, 0.25) is 0 Å². The first-order chi connectivity index (χ1) is 18.4. The summed E-state index contributed by atoms with van der Waals surface area (Å²) in [4.78, 5) is 32.3. The normalized spacial score (nSPS) is 15.1. The molecule has 4 aromatic rings. The molecule has 7 heteroatoms. The van der Waals surface area contributed by atoms with Crippen LogP contribution in [0.5, 0.6) is 5.75 Å². The van der Waals surface area contributed by atoms with E-state index in [4.69, 9.17) is 15.9 Å². The van der Waals surface area contributed by atoms with Crippen LogP contribution in [0.4, 0.5) is 0 Å². The molecule has 0 unspecified atom stereocenters. The molecule has 1 aliphatic heterocycles. The number of carbonyl (C=O) groups is 1. The van der Waals surface area contributed by atoms with E-state index in [0.717, 1.165) is 27.5 Å². The highest BCUT2D eigenvalue weighted by atomic mass is 32.1. The highest BCUT2D eigenvalue weighted by Crippen LogP contribution is 2.32. The molecule has 38 heavy (non-hydrogen) atoms. The molecule has 0 bridgehead atoms. The molecule has 5 rings (SSSR count). The lowest BCUT2D eigenvalue weighted by Crippen LogP contribution is -2.39. The summed E-state index contributed by atoms with van der Waals surface area (Å²) in [5.41, 5.74) is 3.29. The van der Waals surface area contributed by atoms with E-state index in [2.05, 4.69) is 10.9 Å². The van der Waals surface area contributed by atoms with Gasteiger partial charge in [0.1, 0.15) is 12.4 Å². The van der Waals surface area contributed by atoms with Crippen molar-refractivity contribution >= 4 is 34.2 Å². The molecule has 3 aromatic carbocycles. The minimum Gasteiger partial charge on any atom is -0.480 e. The third-order valence-corrected chi connectivity index (χ3v) is 7.41. The van der Waals surface area contributed by atoms with Gasteiger partial charge in [0.25, 0.3) is 5.56 Å². The number of hydrogen-bond acceptors (Lipinski definition) is 6. The zero-order valence-electron chi connectivity index (χ0n) is 21.4. The molecule has 0 aliphatic carbocycles. The van der Waals surface area contributed by atoms with E-state index in [1.165, 1.54) is 11.3 Å². The van der Waals surface area contributed by atoms with Crippen molar-refractivity contribution in [2.24, 2.45) is 4.99 Å². The monoisotopic (exact) mass is 522 g/mol. The Morgan fingerprint density at radius 3 is 2.63 bits per heavy atom. The summed E-state index contributed by atoms with van der Waals surface area (Å²) >= 11 is 1.28. The lowest BCUT2D eigenvalue weighted by atomic mass is 9.95. The first-order valence-electron chi connectivity index (χ1n) is 12.3. The van der Waals surface area contributed by atoms with Gasteiger partial charge in [0.15, 0.2) is 4.80 Å². The lowest BCUT2D eigenvalue weighted by molar-refractivity contribution is -0.139. The number of esters is 1. The van der Waals surface area contributed by atoms with Crippen molar-refractivity contribution in [3.05, 3.63) is 108 Å². The molecule has 1 aromatic heterocycles. The summed E-state index contributed by atoms with van der Waals surface area (Å²) < 4.78 is 13.3. The number of nitrogens with zero attached hydrogens (tertiary/aromatic N) is 2. The van der Waals surface area contributed by atoms with Crippen LogP contribution in [-0.4, -0.2) is 23.8 Å². The smallest absolute Gasteiger partial charge is 0.338 e. The van der Waals surface area contributed by atoms with Crippen LogP contribution in [0.25, 0.3) is 16.8 Å². The van der Waals surface area contributed by atoms with Crippen molar-refractivity contribution < 1.29 is 14.3 Å². The first-order valence-corrected chi connectivity index (χ1v) is 13.1. The van der Waals surface area contributed by atoms with E-state index >= 15 is 0 Å². The van der Waals surface area contributed by atoms with Gasteiger partial charge < -0.3 is 9.47 Å². The molecule has 0 spiro atoms. The number of carbonyl (C=O) groups excluding carboxylic acids is 1. The van der Waals surface area contributed by atoms with E-state index in [0.29, 0.717) is 26.4 Å². The Hall–Kier alpha value is -4.41. The van der Waals surface area contributed by atoms with Gasteiger partial charge in [-0.2, -0.15) is 0 Å². The second-order valence-electron chi connectivity index (χ2n) is 8.90. The average Bonchev–Trinajstić information content (AvgIpc) is 3.22. The second-order valence-corrected chi connectivity index (χ2v) is 9.91. The molecule has 0 saturated carbocycles. The Kier molecular flexibility index (Phi) is 6.99. The number of terminal acetylenes is 1. The van der Waals surface area contributed by atoms with Gasteiger partial charge in [-0.15, -0.1) is 6.42 Å². The van der Waals surface area contributed by atoms with Gasteiger partial charge in [-0.05, 0) is 49.2 Å². The molecule has 1 atom stereocenters. The van der Waals surface area contributed by atoms with Gasteiger partial charge in [0.05, 0.1) is 28.5 Å². The number of aryl methyl sites for hydroxylation is 1. The highest BCUT2D eigenvalue weighted by Gasteiger charge is 2.33. The minimum absolute atomic E-state index is 0.107. The predicted octanol–water partition coefficient (Wildman–Crippen LogP) is 4.27. The molecule has 0 N–H and O–H groups in total. The van der Waals surface area contributed by atoms with Gasteiger partial charge in [-0.1, -0.05) is 77.4 Å². The van der Waals surface area contributed by atoms with Crippen molar-refractivity contribution in [1.82, 2.24) is 4.57 Å². The number of aromatic nitrogens is 1. The molecular formula is C31H26N2O4S. The summed E-state index contributed by atoms with van der Waals surface area (Å²) in [6, 6.07) is 18.9. The van der Waals surface area contributed by atoms with Crippen molar-refractivity contribution in [3.63, 3.8) is 0 Å². The molecule has 6 nitrogen and oxygen atoms in total. The van der Waals surface area contributed by atoms with Crippen molar-refractivity contribution in [2.45, 2.75) is 26.8 Å². The molecule has 1 aliphatic rings. The van der Waals surface area contributed by atoms with E-state index in [1.54, 1.807) is 18.4 Å². The SMILES string of the molecule is C#CCOc1ccc2ccccc2c1/C=c1\sc2n(c1=O)[C@@H](c1ccc(C)cc1)C(C(=O)OCC)=C(C)N=2. The fraction of sp³-hybridized carbons (Fsp3) is 0.194. The Balaban J connectivity index is 1.77. The maximum atomic E-state index is 14.0. The van der Waals surface area contributed by atoms with Gasteiger partial charge in [-0.25, -0.2) is 9.79 Å². The van der Waals surface area contributed by atoms with Crippen LogP contribution < -0.4 is 19.6 Å². The number of allylic oxidation sites excluding steroid dienone is 1. The molecule has 0 radical (unpaired) electrons. The minimum atomic E-state index is -0.655. The molecule has 190 valence electrons. The topological polar surface area (TPSA) is 69.9 Å². The Morgan fingerprint density at radius 2 is 1.89 bits per heavy atom.